The van der Waals surface area contributed by atoms with E-state index in [4.69, 9.17) is 0 Å². The SMILES string of the molecule is Cc1nnc(-c2cccc(NC(=O)C3CCN(C(=O)[C@@H]4CC45CCC5)CC3)c2)s1. The molecule has 1 aromatic heterocycles. The van der Waals surface area contributed by atoms with Crippen molar-refractivity contribution in [1.29, 1.82) is 0 Å². The molecule has 0 radical (unpaired) electrons. The van der Waals surface area contributed by atoms with Gasteiger partial charge in [0.05, 0.1) is 0 Å². The summed E-state index contributed by atoms with van der Waals surface area (Å²) in [6, 6.07) is 7.75. The number of benzene rings is 1. The first-order valence-corrected chi connectivity index (χ1v) is 11.4. The van der Waals surface area contributed by atoms with Gasteiger partial charge < -0.3 is 10.2 Å². The molecule has 2 aliphatic carbocycles. The van der Waals surface area contributed by atoms with Crippen molar-refractivity contribution >= 4 is 28.8 Å². The summed E-state index contributed by atoms with van der Waals surface area (Å²) >= 11 is 1.54. The van der Waals surface area contributed by atoms with Crippen LogP contribution in [0.25, 0.3) is 10.6 Å². The maximum atomic E-state index is 12.8. The molecule has 1 aromatic carbocycles. The van der Waals surface area contributed by atoms with Gasteiger partial charge in [-0.15, -0.1) is 10.2 Å². The summed E-state index contributed by atoms with van der Waals surface area (Å²) in [6.07, 6.45) is 6.33. The smallest absolute Gasteiger partial charge is 0.227 e. The lowest BCUT2D eigenvalue weighted by Gasteiger charge is -2.33. The Labute approximate surface area is 174 Å². The van der Waals surface area contributed by atoms with Crippen LogP contribution in [0.3, 0.4) is 0 Å². The Morgan fingerprint density at radius 3 is 2.62 bits per heavy atom. The number of anilines is 1. The summed E-state index contributed by atoms with van der Waals surface area (Å²) in [7, 11) is 0. The maximum Gasteiger partial charge on any atom is 0.227 e. The fraction of sp³-hybridized carbons (Fsp3) is 0.545. The third kappa shape index (κ3) is 3.56. The van der Waals surface area contributed by atoms with Crippen LogP contribution in [-0.2, 0) is 9.59 Å². The zero-order valence-electron chi connectivity index (χ0n) is 16.7. The van der Waals surface area contributed by atoms with Crippen LogP contribution >= 0.6 is 11.3 Å². The monoisotopic (exact) mass is 410 g/mol. The van der Waals surface area contributed by atoms with Crippen molar-refractivity contribution in [1.82, 2.24) is 15.1 Å². The minimum Gasteiger partial charge on any atom is -0.342 e. The molecule has 1 atom stereocenters. The molecule has 7 heteroatoms. The van der Waals surface area contributed by atoms with Crippen molar-refractivity contribution in [2.75, 3.05) is 18.4 Å². The number of nitrogens with one attached hydrogen (secondary N) is 1. The number of carbonyl (C=O) groups is 2. The molecule has 3 fully saturated rings. The van der Waals surface area contributed by atoms with Crippen LogP contribution in [0.2, 0.25) is 0 Å². The molecule has 2 heterocycles. The highest BCUT2D eigenvalue weighted by molar-refractivity contribution is 7.14. The molecule has 0 unspecified atom stereocenters. The molecule has 1 saturated heterocycles. The third-order valence-electron chi connectivity index (χ3n) is 6.92. The summed E-state index contributed by atoms with van der Waals surface area (Å²) < 4.78 is 0. The minimum absolute atomic E-state index is 0.0386. The van der Waals surface area contributed by atoms with Gasteiger partial charge in [0, 0.05) is 36.2 Å². The molecule has 2 saturated carbocycles. The second kappa shape index (κ2) is 7.20. The first kappa shape index (κ1) is 18.7. The van der Waals surface area contributed by atoms with Crippen LogP contribution < -0.4 is 5.32 Å². The standard InChI is InChI=1S/C22H26N4O2S/c1-14-24-25-20(29-14)16-4-2-5-17(12-16)23-19(27)15-6-10-26(11-7-15)21(28)18-13-22(18)8-3-9-22/h2,4-5,12,15,18H,3,6-11,13H2,1H3,(H,23,27)/t18-/m0/s1. The molecule has 6 nitrogen and oxygen atoms in total. The molecule has 152 valence electrons. The van der Waals surface area contributed by atoms with Gasteiger partial charge >= 0.3 is 0 Å². The van der Waals surface area contributed by atoms with E-state index in [1.165, 1.54) is 30.6 Å². The van der Waals surface area contributed by atoms with Gasteiger partial charge in [-0.1, -0.05) is 29.9 Å². The highest BCUT2D eigenvalue weighted by Crippen LogP contribution is 2.66. The van der Waals surface area contributed by atoms with E-state index in [1.54, 1.807) is 0 Å². The largest absolute Gasteiger partial charge is 0.342 e. The topological polar surface area (TPSA) is 75.2 Å². The lowest BCUT2D eigenvalue weighted by Crippen LogP contribution is -2.43. The normalized spacial score (nSPS) is 22.9. The zero-order chi connectivity index (χ0) is 20.0. The Morgan fingerprint density at radius 2 is 2.00 bits per heavy atom. The molecule has 1 spiro atoms. The highest BCUT2D eigenvalue weighted by Gasteiger charge is 2.61. The maximum absolute atomic E-state index is 12.8. The molecular weight excluding hydrogens is 384 g/mol. The Balaban J connectivity index is 1.16. The van der Waals surface area contributed by atoms with E-state index in [2.05, 4.69) is 15.5 Å². The number of rotatable bonds is 4. The van der Waals surface area contributed by atoms with Crippen molar-refractivity contribution in [2.45, 2.75) is 45.4 Å². The first-order chi connectivity index (χ1) is 14.0. The number of hydrogen-bond donors (Lipinski definition) is 1. The number of amides is 2. The van der Waals surface area contributed by atoms with E-state index >= 15 is 0 Å². The Morgan fingerprint density at radius 1 is 1.21 bits per heavy atom. The predicted octanol–water partition coefficient (Wildman–Crippen LogP) is 3.88. The summed E-state index contributed by atoms with van der Waals surface area (Å²) in [5.41, 5.74) is 2.12. The minimum atomic E-state index is -0.0386. The number of hydrogen-bond acceptors (Lipinski definition) is 5. The van der Waals surface area contributed by atoms with Gasteiger partial charge in [0.2, 0.25) is 11.8 Å². The van der Waals surface area contributed by atoms with E-state index in [9.17, 15) is 9.59 Å². The van der Waals surface area contributed by atoms with Crippen molar-refractivity contribution in [3.63, 3.8) is 0 Å². The first-order valence-electron chi connectivity index (χ1n) is 10.5. The number of aromatic nitrogens is 2. The lowest BCUT2D eigenvalue weighted by molar-refractivity contribution is -0.137. The molecule has 0 bridgehead atoms. The van der Waals surface area contributed by atoms with Crippen molar-refractivity contribution in [3.8, 4) is 10.6 Å². The average molecular weight is 411 g/mol. The molecule has 2 amide bonds. The third-order valence-corrected chi connectivity index (χ3v) is 7.81. The van der Waals surface area contributed by atoms with E-state index in [-0.39, 0.29) is 17.7 Å². The van der Waals surface area contributed by atoms with Crippen LogP contribution in [0.1, 0.15) is 43.5 Å². The van der Waals surface area contributed by atoms with E-state index < -0.39 is 0 Å². The van der Waals surface area contributed by atoms with Gasteiger partial charge in [0.1, 0.15) is 10.0 Å². The van der Waals surface area contributed by atoms with Crippen LogP contribution in [0, 0.1) is 24.2 Å². The van der Waals surface area contributed by atoms with Gasteiger partial charge in [-0.25, -0.2) is 0 Å². The van der Waals surface area contributed by atoms with Crippen LogP contribution in [0.4, 0.5) is 5.69 Å². The molecule has 5 rings (SSSR count). The average Bonchev–Trinajstić information content (AvgIpc) is 3.35. The number of aryl methyl sites for hydroxylation is 1. The second-order valence-electron chi connectivity index (χ2n) is 8.77. The second-order valence-corrected chi connectivity index (χ2v) is 9.95. The molecular formula is C22H26N4O2S. The molecule has 3 aliphatic rings. The Kier molecular flexibility index (Phi) is 4.65. The van der Waals surface area contributed by atoms with Crippen molar-refractivity contribution in [2.24, 2.45) is 17.3 Å². The molecule has 29 heavy (non-hydrogen) atoms. The number of piperidine rings is 1. The number of nitrogens with zero attached hydrogens (tertiary/aromatic N) is 3. The molecule has 2 aromatic rings. The number of likely N-dealkylation sites (tertiary alicyclic amines) is 1. The fourth-order valence-electron chi connectivity index (χ4n) is 4.85. The van der Waals surface area contributed by atoms with Crippen molar-refractivity contribution < 1.29 is 9.59 Å². The van der Waals surface area contributed by atoms with Gasteiger partial charge in [0.25, 0.3) is 0 Å². The van der Waals surface area contributed by atoms with Gasteiger partial charge in [-0.2, -0.15) is 0 Å². The van der Waals surface area contributed by atoms with Crippen LogP contribution in [-0.4, -0.2) is 40.0 Å². The molecule has 1 aliphatic heterocycles. The number of carbonyl (C=O) groups excluding carboxylic acids is 2. The summed E-state index contributed by atoms with van der Waals surface area (Å²) in [5, 5.41) is 13.1. The van der Waals surface area contributed by atoms with Gasteiger partial charge in [-0.3, -0.25) is 9.59 Å². The quantitative estimate of drug-likeness (QED) is 0.830. The summed E-state index contributed by atoms with van der Waals surface area (Å²) in [5.74, 6) is 0.616. The van der Waals surface area contributed by atoms with Crippen LogP contribution in [0.15, 0.2) is 24.3 Å². The Bertz CT molecular complexity index is 944. The fourth-order valence-corrected chi connectivity index (χ4v) is 5.54. The zero-order valence-corrected chi connectivity index (χ0v) is 17.5. The van der Waals surface area contributed by atoms with E-state index in [0.717, 1.165) is 40.5 Å². The highest BCUT2D eigenvalue weighted by atomic mass is 32.1. The molecule has 1 N–H and O–H groups in total. The summed E-state index contributed by atoms with van der Waals surface area (Å²) in [6.45, 7) is 3.33. The van der Waals surface area contributed by atoms with E-state index in [1.807, 2.05) is 36.1 Å². The van der Waals surface area contributed by atoms with Crippen molar-refractivity contribution in [3.05, 3.63) is 29.3 Å². The van der Waals surface area contributed by atoms with Gasteiger partial charge in [-0.05, 0) is 56.6 Å². The Hall–Kier alpha value is -2.28. The van der Waals surface area contributed by atoms with Gasteiger partial charge in [0.15, 0.2) is 0 Å². The lowest BCUT2D eigenvalue weighted by atomic mass is 9.79. The van der Waals surface area contributed by atoms with Crippen LogP contribution in [0.5, 0.6) is 0 Å². The predicted molar refractivity (Wildman–Crippen MR) is 112 cm³/mol. The summed E-state index contributed by atoms with van der Waals surface area (Å²) in [4.78, 5) is 27.5. The van der Waals surface area contributed by atoms with E-state index in [0.29, 0.717) is 24.4 Å².